The summed E-state index contributed by atoms with van der Waals surface area (Å²) < 4.78 is 11.3. The van der Waals surface area contributed by atoms with Gasteiger partial charge < -0.3 is 9.47 Å². The van der Waals surface area contributed by atoms with E-state index in [9.17, 15) is 0 Å². The van der Waals surface area contributed by atoms with E-state index in [4.69, 9.17) is 21.1 Å². The summed E-state index contributed by atoms with van der Waals surface area (Å²) in [6, 6.07) is 23.1. The minimum absolute atomic E-state index is 0.468. The summed E-state index contributed by atoms with van der Waals surface area (Å²) in [4.78, 5) is 0. The molecule has 0 fully saturated rings. The Morgan fingerprint density at radius 3 is 2.50 bits per heavy atom. The number of anilines is 1. The maximum absolute atomic E-state index is 6.10. The Morgan fingerprint density at radius 2 is 1.73 bits per heavy atom. The minimum atomic E-state index is 0.468. The Balaban J connectivity index is 1.70. The third kappa shape index (κ3) is 4.77. The number of nitrogens with one attached hydrogen (secondary N) is 1. The second-order valence-electron chi connectivity index (χ2n) is 5.53. The molecule has 4 nitrogen and oxygen atoms in total. The molecule has 3 aromatic carbocycles. The molecule has 3 rings (SSSR count). The fraction of sp³-hybridized carbons (Fsp3) is 0.0952. The highest BCUT2D eigenvalue weighted by molar-refractivity contribution is 6.33. The highest BCUT2D eigenvalue weighted by Crippen LogP contribution is 2.28. The van der Waals surface area contributed by atoms with Crippen LogP contribution in [0.25, 0.3) is 0 Å². The van der Waals surface area contributed by atoms with E-state index in [1.54, 1.807) is 13.3 Å². The van der Waals surface area contributed by atoms with Gasteiger partial charge >= 0.3 is 0 Å². The van der Waals surface area contributed by atoms with Crippen LogP contribution < -0.4 is 14.9 Å². The standard InChI is InChI=1S/C21H19ClN2O2/c1-25-20-12-11-17(14-23-24-19-10-6-5-9-18(19)22)13-21(20)26-15-16-7-3-2-4-8-16/h2-14,24H,15H2,1H3. The third-order valence-corrected chi connectivity index (χ3v) is 4.03. The van der Waals surface area contributed by atoms with E-state index in [1.165, 1.54) is 0 Å². The van der Waals surface area contributed by atoms with Crippen LogP contribution in [0.15, 0.2) is 77.9 Å². The Hall–Kier alpha value is -2.98. The highest BCUT2D eigenvalue weighted by atomic mass is 35.5. The number of ether oxygens (including phenoxy) is 2. The van der Waals surface area contributed by atoms with Crippen molar-refractivity contribution in [2.75, 3.05) is 12.5 Å². The lowest BCUT2D eigenvalue weighted by Crippen LogP contribution is -1.99. The van der Waals surface area contributed by atoms with Crippen LogP contribution in [0.2, 0.25) is 5.02 Å². The SMILES string of the molecule is COc1ccc(C=NNc2ccccc2Cl)cc1OCc1ccccc1. The van der Waals surface area contributed by atoms with E-state index < -0.39 is 0 Å². The summed E-state index contributed by atoms with van der Waals surface area (Å²) in [6.45, 7) is 0.468. The summed E-state index contributed by atoms with van der Waals surface area (Å²) in [5.74, 6) is 1.34. The molecule has 0 aliphatic heterocycles. The largest absolute Gasteiger partial charge is 0.493 e. The van der Waals surface area contributed by atoms with Gasteiger partial charge in [0, 0.05) is 0 Å². The Kier molecular flexibility index (Phi) is 6.12. The van der Waals surface area contributed by atoms with Crippen molar-refractivity contribution in [1.82, 2.24) is 0 Å². The Bertz CT molecular complexity index is 882. The van der Waals surface area contributed by atoms with Crippen molar-refractivity contribution in [2.45, 2.75) is 6.61 Å². The molecule has 0 spiro atoms. The Labute approximate surface area is 158 Å². The molecule has 0 saturated heterocycles. The van der Waals surface area contributed by atoms with Crippen molar-refractivity contribution >= 4 is 23.5 Å². The second-order valence-corrected chi connectivity index (χ2v) is 5.94. The third-order valence-electron chi connectivity index (χ3n) is 3.70. The van der Waals surface area contributed by atoms with E-state index in [-0.39, 0.29) is 0 Å². The maximum atomic E-state index is 6.10. The molecule has 0 saturated carbocycles. The average Bonchev–Trinajstić information content (AvgIpc) is 2.69. The summed E-state index contributed by atoms with van der Waals surface area (Å²) in [7, 11) is 1.62. The molecule has 1 N–H and O–H groups in total. The molecule has 0 aliphatic carbocycles. The van der Waals surface area contributed by atoms with Gasteiger partial charge in [-0.1, -0.05) is 54.1 Å². The topological polar surface area (TPSA) is 42.8 Å². The molecule has 0 heterocycles. The smallest absolute Gasteiger partial charge is 0.162 e. The van der Waals surface area contributed by atoms with E-state index in [0.717, 1.165) is 16.8 Å². The lowest BCUT2D eigenvalue weighted by Gasteiger charge is -2.11. The second kappa shape index (κ2) is 8.92. The molecule has 3 aromatic rings. The normalized spacial score (nSPS) is 10.7. The van der Waals surface area contributed by atoms with Crippen LogP contribution in [0.5, 0.6) is 11.5 Å². The average molecular weight is 367 g/mol. The van der Waals surface area contributed by atoms with Crippen molar-refractivity contribution < 1.29 is 9.47 Å². The van der Waals surface area contributed by atoms with Gasteiger partial charge in [0.1, 0.15) is 6.61 Å². The predicted octanol–water partition coefficient (Wildman–Crippen LogP) is 5.37. The molecular formula is C21H19ClN2O2. The zero-order valence-electron chi connectivity index (χ0n) is 14.4. The predicted molar refractivity (Wildman–Crippen MR) is 106 cm³/mol. The fourth-order valence-corrected chi connectivity index (χ4v) is 2.53. The van der Waals surface area contributed by atoms with Gasteiger partial charge in [-0.2, -0.15) is 5.10 Å². The van der Waals surface area contributed by atoms with Crippen LogP contribution in [0, 0.1) is 0 Å². The molecule has 0 aromatic heterocycles. The van der Waals surface area contributed by atoms with Gasteiger partial charge in [-0.25, -0.2) is 0 Å². The first kappa shape index (κ1) is 17.8. The van der Waals surface area contributed by atoms with Gasteiger partial charge in [0.15, 0.2) is 11.5 Å². The van der Waals surface area contributed by atoms with Crippen LogP contribution in [0.3, 0.4) is 0 Å². The lowest BCUT2D eigenvalue weighted by atomic mass is 10.2. The summed E-state index contributed by atoms with van der Waals surface area (Å²) in [5.41, 5.74) is 5.66. The summed E-state index contributed by atoms with van der Waals surface area (Å²) in [6.07, 6.45) is 1.71. The molecule has 0 bridgehead atoms. The van der Waals surface area contributed by atoms with Crippen LogP contribution in [0.4, 0.5) is 5.69 Å². The van der Waals surface area contributed by atoms with E-state index >= 15 is 0 Å². The minimum Gasteiger partial charge on any atom is -0.493 e. The van der Waals surface area contributed by atoms with Crippen molar-refractivity contribution in [1.29, 1.82) is 0 Å². The van der Waals surface area contributed by atoms with Gasteiger partial charge in [0.2, 0.25) is 0 Å². The molecule has 5 heteroatoms. The summed E-state index contributed by atoms with van der Waals surface area (Å²) in [5, 5.41) is 4.85. The van der Waals surface area contributed by atoms with Gasteiger partial charge in [0.05, 0.1) is 24.0 Å². The van der Waals surface area contributed by atoms with Gasteiger partial charge in [0.25, 0.3) is 0 Å². The number of methoxy groups -OCH3 is 1. The van der Waals surface area contributed by atoms with Crippen LogP contribution in [-0.2, 0) is 6.61 Å². The quantitative estimate of drug-likeness (QED) is 0.451. The van der Waals surface area contributed by atoms with Crippen LogP contribution in [-0.4, -0.2) is 13.3 Å². The van der Waals surface area contributed by atoms with Gasteiger partial charge in [-0.3, -0.25) is 5.43 Å². The number of rotatable bonds is 7. The number of para-hydroxylation sites is 1. The zero-order chi connectivity index (χ0) is 18.2. The Morgan fingerprint density at radius 1 is 0.962 bits per heavy atom. The molecule has 132 valence electrons. The van der Waals surface area contributed by atoms with Crippen molar-refractivity contribution in [2.24, 2.45) is 5.10 Å². The maximum Gasteiger partial charge on any atom is 0.162 e. The molecule has 26 heavy (non-hydrogen) atoms. The molecule has 0 aliphatic rings. The summed E-state index contributed by atoms with van der Waals surface area (Å²) >= 11 is 6.10. The monoisotopic (exact) mass is 366 g/mol. The van der Waals surface area contributed by atoms with Gasteiger partial charge in [-0.15, -0.1) is 0 Å². The molecule has 0 amide bonds. The molecule has 0 unspecified atom stereocenters. The fourth-order valence-electron chi connectivity index (χ4n) is 2.35. The number of halogens is 1. The van der Waals surface area contributed by atoms with Crippen LogP contribution in [0.1, 0.15) is 11.1 Å². The highest BCUT2D eigenvalue weighted by Gasteiger charge is 2.06. The van der Waals surface area contributed by atoms with Crippen molar-refractivity contribution in [3.8, 4) is 11.5 Å². The zero-order valence-corrected chi connectivity index (χ0v) is 15.1. The van der Waals surface area contributed by atoms with Crippen molar-refractivity contribution in [3.05, 3.63) is 88.9 Å². The van der Waals surface area contributed by atoms with Crippen molar-refractivity contribution in [3.63, 3.8) is 0 Å². The molecule has 0 atom stereocenters. The number of benzene rings is 3. The first-order chi connectivity index (χ1) is 12.8. The molecule has 0 radical (unpaired) electrons. The number of nitrogens with zero attached hydrogens (tertiary/aromatic N) is 1. The van der Waals surface area contributed by atoms with E-state index in [2.05, 4.69) is 10.5 Å². The molecular weight excluding hydrogens is 348 g/mol. The number of hydrogen-bond donors (Lipinski definition) is 1. The number of hydrazone groups is 1. The van der Waals surface area contributed by atoms with Gasteiger partial charge in [-0.05, 0) is 41.5 Å². The lowest BCUT2D eigenvalue weighted by molar-refractivity contribution is 0.284. The van der Waals surface area contributed by atoms with Crippen LogP contribution >= 0.6 is 11.6 Å². The van der Waals surface area contributed by atoms with E-state index in [1.807, 2.05) is 72.8 Å². The first-order valence-corrected chi connectivity index (χ1v) is 8.52. The first-order valence-electron chi connectivity index (χ1n) is 8.14. The van der Waals surface area contributed by atoms with E-state index in [0.29, 0.717) is 23.1 Å². The number of hydrogen-bond acceptors (Lipinski definition) is 4.